The maximum absolute atomic E-state index is 13.4. The van der Waals surface area contributed by atoms with Gasteiger partial charge in [-0.3, -0.25) is 19.0 Å². The van der Waals surface area contributed by atoms with Crippen LogP contribution in [0.1, 0.15) is 49.5 Å². The van der Waals surface area contributed by atoms with Gasteiger partial charge in [0.05, 0.1) is 32.1 Å². The van der Waals surface area contributed by atoms with Gasteiger partial charge < -0.3 is 25.2 Å². The van der Waals surface area contributed by atoms with Gasteiger partial charge in [-0.25, -0.2) is 0 Å². The van der Waals surface area contributed by atoms with Gasteiger partial charge in [-0.05, 0) is 25.2 Å². The molecule has 0 aromatic carbocycles. The second kappa shape index (κ2) is 9.75. The van der Waals surface area contributed by atoms with Crippen LogP contribution in [0.3, 0.4) is 0 Å². The van der Waals surface area contributed by atoms with Crippen LogP contribution in [0.4, 0.5) is 0 Å². The normalized spacial score (nSPS) is 19.6. The topological polar surface area (TPSA) is 138 Å². The molecule has 2 aliphatic rings. The highest BCUT2D eigenvalue weighted by molar-refractivity contribution is 5.96. The Morgan fingerprint density at radius 1 is 1.29 bits per heavy atom. The number of aliphatic hydroxyl groups excluding tert-OH is 1. The summed E-state index contributed by atoms with van der Waals surface area (Å²) in [4.78, 5) is 40.9. The Morgan fingerprint density at radius 2 is 2.03 bits per heavy atom. The van der Waals surface area contributed by atoms with E-state index in [1.54, 1.807) is 11.8 Å². The second-order valence-electron chi connectivity index (χ2n) is 9.71. The summed E-state index contributed by atoms with van der Waals surface area (Å²) in [5, 5.41) is 27.5. The summed E-state index contributed by atoms with van der Waals surface area (Å²) in [5.41, 5.74) is 0.0976. The van der Waals surface area contributed by atoms with Crippen molar-refractivity contribution in [1.29, 1.82) is 0 Å². The van der Waals surface area contributed by atoms with Crippen LogP contribution in [0.5, 0.6) is 5.88 Å². The SMILES string of the molecule is CC(C)Cn1c(=O)c(C(=O)NC2CC2)c(O)n2ncc(CC(C)C(=O)N3CCOC[C@@H]3CO)c12. The van der Waals surface area contributed by atoms with Crippen LogP contribution in [0, 0.1) is 11.8 Å². The third kappa shape index (κ3) is 4.67. The lowest BCUT2D eigenvalue weighted by Gasteiger charge is -2.36. The highest BCUT2D eigenvalue weighted by atomic mass is 16.5. The molecular formula is C23H33N5O6. The number of morpholine rings is 1. The minimum absolute atomic E-state index is 0.0310. The molecule has 4 rings (SSSR count). The van der Waals surface area contributed by atoms with E-state index in [9.17, 15) is 24.6 Å². The monoisotopic (exact) mass is 475 g/mol. The zero-order valence-corrected chi connectivity index (χ0v) is 19.9. The number of ether oxygens (including phenoxy) is 1. The van der Waals surface area contributed by atoms with Gasteiger partial charge in [-0.1, -0.05) is 20.8 Å². The molecule has 1 unspecified atom stereocenters. The van der Waals surface area contributed by atoms with E-state index in [1.165, 1.54) is 15.3 Å². The van der Waals surface area contributed by atoms with Gasteiger partial charge in [0.15, 0.2) is 5.56 Å². The number of nitrogens with one attached hydrogen (secondary N) is 1. The van der Waals surface area contributed by atoms with Gasteiger partial charge >= 0.3 is 0 Å². The van der Waals surface area contributed by atoms with Crippen LogP contribution in [0.2, 0.25) is 0 Å². The van der Waals surface area contributed by atoms with Crippen molar-refractivity contribution in [3.05, 3.63) is 27.7 Å². The van der Waals surface area contributed by atoms with Crippen LogP contribution >= 0.6 is 0 Å². The van der Waals surface area contributed by atoms with E-state index < -0.39 is 23.3 Å². The van der Waals surface area contributed by atoms with E-state index in [0.717, 1.165) is 12.8 Å². The molecule has 2 atom stereocenters. The highest BCUT2D eigenvalue weighted by Gasteiger charge is 2.32. The van der Waals surface area contributed by atoms with Crippen LogP contribution in [-0.2, 0) is 22.5 Å². The van der Waals surface area contributed by atoms with Gasteiger partial charge in [-0.2, -0.15) is 9.61 Å². The van der Waals surface area contributed by atoms with Crippen molar-refractivity contribution in [3.8, 4) is 5.88 Å². The van der Waals surface area contributed by atoms with E-state index in [2.05, 4.69) is 10.4 Å². The van der Waals surface area contributed by atoms with Crippen molar-refractivity contribution in [2.45, 2.75) is 58.7 Å². The first-order chi connectivity index (χ1) is 16.2. The van der Waals surface area contributed by atoms with Crippen molar-refractivity contribution in [2.24, 2.45) is 11.8 Å². The predicted octanol–water partition coefficient (Wildman–Crippen LogP) is 0.148. The molecule has 2 aromatic heterocycles. The number of aliphatic hydroxyl groups is 1. The van der Waals surface area contributed by atoms with E-state index in [-0.39, 0.29) is 42.5 Å². The summed E-state index contributed by atoms with van der Waals surface area (Å²) in [6.45, 7) is 6.95. The lowest BCUT2D eigenvalue weighted by atomic mass is 10.0. The molecule has 1 aliphatic heterocycles. The molecule has 11 heteroatoms. The predicted molar refractivity (Wildman–Crippen MR) is 123 cm³/mol. The highest BCUT2D eigenvalue weighted by Crippen LogP contribution is 2.25. The maximum atomic E-state index is 13.4. The Bertz CT molecular complexity index is 1140. The molecule has 186 valence electrons. The van der Waals surface area contributed by atoms with E-state index >= 15 is 0 Å². The van der Waals surface area contributed by atoms with E-state index in [4.69, 9.17) is 4.74 Å². The minimum Gasteiger partial charge on any atom is -0.492 e. The number of carbonyl (C=O) groups excluding carboxylic acids is 2. The van der Waals surface area contributed by atoms with Crippen LogP contribution < -0.4 is 10.9 Å². The number of aromatic nitrogens is 3. The Balaban J connectivity index is 1.70. The largest absolute Gasteiger partial charge is 0.492 e. The van der Waals surface area contributed by atoms with Crippen LogP contribution in [0.15, 0.2) is 11.0 Å². The standard InChI is InChI=1S/C23H33N5O6/c1-13(2)10-27-20-15(8-14(3)21(31)26-6-7-34-12-17(26)11-29)9-24-28(20)23(33)18(22(27)32)19(30)25-16-4-5-16/h9,13-14,16-17,29,33H,4-8,10-12H2,1-3H3,(H,25,30)/t14?,17-/m0/s1. The van der Waals surface area contributed by atoms with Gasteiger partial charge in [0, 0.05) is 30.6 Å². The number of hydrogen-bond donors (Lipinski definition) is 3. The number of hydrogen-bond acceptors (Lipinski definition) is 7. The fourth-order valence-corrected chi connectivity index (χ4v) is 4.41. The average Bonchev–Trinajstić information content (AvgIpc) is 3.52. The maximum Gasteiger partial charge on any atom is 0.270 e. The molecule has 0 spiro atoms. The fourth-order valence-electron chi connectivity index (χ4n) is 4.41. The van der Waals surface area contributed by atoms with Gasteiger partial charge in [0.2, 0.25) is 11.8 Å². The van der Waals surface area contributed by atoms with E-state index in [0.29, 0.717) is 37.5 Å². The molecule has 0 radical (unpaired) electrons. The zero-order valence-electron chi connectivity index (χ0n) is 19.9. The first-order valence-electron chi connectivity index (χ1n) is 11.8. The summed E-state index contributed by atoms with van der Waals surface area (Å²) in [6, 6.07) is -0.355. The first-order valence-corrected chi connectivity index (χ1v) is 11.8. The number of rotatable bonds is 8. The number of amides is 2. The molecule has 3 heterocycles. The van der Waals surface area contributed by atoms with Crippen molar-refractivity contribution in [1.82, 2.24) is 24.4 Å². The molecule has 1 aliphatic carbocycles. The zero-order chi connectivity index (χ0) is 24.6. The smallest absolute Gasteiger partial charge is 0.270 e. The van der Waals surface area contributed by atoms with Crippen molar-refractivity contribution >= 4 is 17.5 Å². The number of fused-ring (bicyclic) bond motifs is 1. The van der Waals surface area contributed by atoms with Crippen molar-refractivity contribution in [3.63, 3.8) is 0 Å². The lowest BCUT2D eigenvalue weighted by Crippen LogP contribution is -2.52. The van der Waals surface area contributed by atoms with Gasteiger partial charge in [-0.15, -0.1) is 0 Å². The molecular weight excluding hydrogens is 442 g/mol. The number of carbonyl (C=O) groups is 2. The Labute approximate surface area is 197 Å². The number of aromatic hydroxyl groups is 1. The molecule has 1 saturated heterocycles. The Hall–Kier alpha value is -2.92. The van der Waals surface area contributed by atoms with Crippen molar-refractivity contribution < 1.29 is 24.5 Å². The third-order valence-corrected chi connectivity index (χ3v) is 6.31. The van der Waals surface area contributed by atoms with Crippen LogP contribution in [0.25, 0.3) is 5.65 Å². The fraction of sp³-hybridized carbons (Fsp3) is 0.652. The minimum atomic E-state index is -0.604. The Morgan fingerprint density at radius 3 is 2.68 bits per heavy atom. The van der Waals surface area contributed by atoms with Gasteiger partial charge in [0.1, 0.15) is 5.65 Å². The molecule has 34 heavy (non-hydrogen) atoms. The lowest BCUT2D eigenvalue weighted by molar-refractivity contribution is -0.145. The molecule has 3 N–H and O–H groups in total. The quantitative estimate of drug-likeness (QED) is 0.494. The first kappa shape index (κ1) is 24.2. The summed E-state index contributed by atoms with van der Waals surface area (Å²) >= 11 is 0. The summed E-state index contributed by atoms with van der Waals surface area (Å²) in [7, 11) is 0. The third-order valence-electron chi connectivity index (χ3n) is 6.31. The van der Waals surface area contributed by atoms with E-state index in [1.807, 2.05) is 13.8 Å². The summed E-state index contributed by atoms with van der Waals surface area (Å²) < 4.78 is 8.05. The summed E-state index contributed by atoms with van der Waals surface area (Å²) in [5.74, 6) is -1.60. The molecule has 11 nitrogen and oxygen atoms in total. The molecule has 2 aromatic rings. The Kier molecular flexibility index (Phi) is 6.94. The number of nitrogens with zero attached hydrogens (tertiary/aromatic N) is 4. The average molecular weight is 476 g/mol. The van der Waals surface area contributed by atoms with Crippen molar-refractivity contribution in [2.75, 3.05) is 26.4 Å². The molecule has 2 fully saturated rings. The van der Waals surface area contributed by atoms with Gasteiger partial charge in [0.25, 0.3) is 11.5 Å². The van der Waals surface area contributed by atoms with Crippen LogP contribution in [-0.4, -0.2) is 79.6 Å². The summed E-state index contributed by atoms with van der Waals surface area (Å²) in [6.07, 6.45) is 3.52. The molecule has 1 saturated carbocycles. The second-order valence-corrected chi connectivity index (χ2v) is 9.71. The molecule has 0 bridgehead atoms. The molecule has 2 amide bonds.